The van der Waals surface area contributed by atoms with Crippen LogP contribution in [0.4, 0.5) is 18.9 Å². The molecule has 0 atom stereocenters. The topological polar surface area (TPSA) is 80.7 Å². The molecule has 0 bridgehead atoms. The molecule has 0 spiro atoms. The molecule has 5 nitrogen and oxygen atoms in total. The van der Waals surface area contributed by atoms with Crippen molar-refractivity contribution in [1.29, 1.82) is 0 Å². The van der Waals surface area contributed by atoms with Gasteiger partial charge in [-0.05, 0) is 17.7 Å². The number of hydrogen-bond donors (Lipinski definition) is 2. The standard InChI is InChI=1S/C21H13F3N4OS/c22-21(23,24)18-13(11-5-2-1-3-6-11)9-16(30-18)20-27-19(28-29-20)12-7-4-8-15-17(12)14(25)10-26-15/h1-10,26H,25H2. The van der Waals surface area contributed by atoms with Crippen molar-refractivity contribution < 1.29 is 17.7 Å². The van der Waals surface area contributed by atoms with Crippen molar-refractivity contribution in [3.63, 3.8) is 0 Å². The molecule has 0 fully saturated rings. The van der Waals surface area contributed by atoms with Crippen molar-refractivity contribution in [2.75, 3.05) is 5.73 Å². The highest BCUT2D eigenvalue weighted by Crippen LogP contribution is 2.45. The summed E-state index contributed by atoms with van der Waals surface area (Å²) in [6.45, 7) is 0. The van der Waals surface area contributed by atoms with E-state index in [-0.39, 0.29) is 22.2 Å². The summed E-state index contributed by atoms with van der Waals surface area (Å²) >= 11 is 0.579. The number of aromatic amines is 1. The number of fused-ring (bicyclic) bond motifs is 1. The number of nitrogens with zero attached hydrogens (tertiary/aromatic N) is 2. The van der Waals surface area contributed by atoms with Gasteiger partial charge in [0.05, 0.1) is 10.6 Å². The smallest absolute Gasteiger partial charge is 0.397 e. The van der Waals surface area contributed by atoms with E-state index in [9.17, 15) is 13.2 Å². The Bertz CT molecular complexity index is 1350. The van der Waals surface area contributed by atoms with E-state index in [1.54, 1.807) is 42.6 Å². The third kappa shape index (κ3) is 3.03. The zero-order valence-electron chi connectivity index (χ0n) is 15.2. The Labute approximate surface area is 172 Å². The van der Waals surface area contributed by atoms with E-state index >= 15 is 0 Å². The number of nitrogen functional groups attached to an aromatic ring is 1. The number of rotatable bonds is 3. The summed E-state index contributed by atoms with van der Waals surface area (Å²) in [5, 5.41) is 4.71. The van der Waals surface area contributed by atoms with Gasteiger partial charge in [-0.1, -0.05) is 47.6 Å². The highest BCUT2D eigenvalue weighted by Gasteiger charge is 2.37. The molecule has 3 N–H and O–H groups in total. The summed E-state index contributed by atoms with van der Waals surface area (Å²) in [6.07, 6.45) is -2.84. The second kappa shape index (κ2) is 6.74. The van der Waals surface area contributed by atoms with Gasteiger partial charge >= 0.3 is 6.18 Å². The maximum atomic E-state index is 13.6. The van der Waals surface area contributed by atoms with Crippen LogP contribution in [0.3, 0.4) is 0 Å². The minimum atomic E-state index is -4.50. The molecule has 0 unspecified atom stereocenters. The number of alkyl halides is 3. The van der Waals surface area contributed by atoms with Crippen molar-refractivity contribution in [1.82, 2.24) is 15.1 Å². The van der Waals surface area contributed by atoms with Gasteiger partial charge < -0.3 is 15.2 Å². The fourth-order valence-electron chi connectivity index (χ4n) is 3.37. The molecule has 5 aromatic rings. The number of anilines is 1. The summed E-state index contributed by atoms with van der Waals surface area (Å²) in [6, 6.07) is 15.3. The van der Waals surface area contributed by atoms with Crippen LogP contribution < -0.4 is 5.73 Å². The van der Waals surface area contributed by atoms with Gasteiger partial charge in [-0.3, -0.25) is 0 Å². The largest absolute Gasteiger partial charge is 0.426 e. The van der Waals surface area contributed by atoms with Crippen LogP contribution in [-0.2, 0) is 6.18 Å². The average Bonchev–Trinajstić information content (AvgIpc) is 3.46. The zero-order valence-corrected chi connectivity index (χ0v) is 16.0. The Balaban J connectivity index is 1.62. The zero-order chi connectivity index (χ0) is 20.9. The van der Waals surface area contributed by atoms with Gasteiger partial charge in [-0.2, -0.15) is 18.2 Å². The van der Waals surface area contributed by atoms with Gasteiger partial charge in [0, 0.05) is 28.2 Å². The van der Waals surface area contributed by atoms with Crippen LogP contribution in [0.5, 0.6) is 0 Å². The molecular weight excluding hydrogens is 413 g/mol. The van der Waals surface area contributed by atoms with Crippen LogP contribution in [0, 0.1) is 0 Å². The lowest BCUT2D eigenvalue weighted by Gasteiger charge is -2.07. The Kier molecular flexibility index (Phi) is 4.14. The van der Waals surface area contributed by atoms with Crippen molar-refractivity contribution in [3.8, 4) is 33.3 Å². The molecule has 0 saturated carbocycles. The second-order valence-corrected chi connectivity index (χ2v) is 7.66. The molecule has 150 valence electrons. The van der Waals surface area contributed by atoms with E-state index in [0.717, 1.165) is 10.9 Å². The van der Waals surface area contributed by atoms with Crippen molar-refractivity contribution in [2.24, 2.45) is 0 Å². The van der Waals surface area contributed by atoms with Gasteiger partial charge in [0.25, 0.3) is 5.89 Å². The molecule has 0 amide bonds. The minimum absolute atomic E-state index is 0.0220. The molecule has 2 aromatic carbocycles. The van der Waals surface area contributed by atoms with Crippen LogP contribution in [-0.4, -0.2) is 15.1 Å². The number of nitrogens with one attached hydrogen (secondary N) is 1. The molecule has 9 heteroatoms. The van der Waals surface area contributed by atoms with Crippen molar-refractivity contribution >= 4 is 27.9 Å². The summed E-state index contributed by atoms with van der Waals surface area (Å²) in [5.41, 5.74) is 8.54. The van der Waals surface area contributed by atoms with Crippen LogP contribution in [0.1, 0.15) is 4.88 Å². The lowest BCUT2D eigenvalue weighted by atomic mass is 10.1. The number of benzene rings is 2. The SMILES string of the molecule is Nc1c[nH]c2cccc(-c3noc(-c4cc(-c5ccccc5)c(C(F)(F)F)s4)n3)c12. The highest BCUT2D eigenvalue weighted by atomic mass is 32.1. The fourth-order valence-corrected chi connectivity index (χ4v) is 4.34. The molecule has 30 heavy (non-hydrogen) atoms. The Morgan fingerprint density at radius 2 is 1.80 bits per heavy atom. The van der Waals surface area contributed by atoms with Gasteiger partial charge in [-0.25, -0.2) is 0 Å². The normalized spacial score (nSPS) is 12.0. The molecule has 3 aromatic heterocycles. The van der Waals surface area contributed by atoms with E-state index in [0.29, 0.717) is 28.2 Å². The van der Waals surface area contributed by atoms with Crippen LogP contribution in [0.25, 0.3) is 44.2 Å². The average molecular weight is 426 g/mol. The van der Waals surface area contributed by atoms with Crippen LogP contribution in [0.15, 0.2) is 65.3 Å². The Hall–Kier alpha value is -3.59. The van der Waals surface area contributed by atoms with E-state index in [4.69, 9.17) is 10.3 Å². The highest BCUT2D eigenvalue weighted by molar-refractivity contribution is 7.16. The molecule has 5 rings (SSSR count). The van der Waals surface area contributed by atoms with E-state index in [1.165, 1.54) is 6.07 Å². The molecule has 0 aliphatic rings. The Morgan fingerprint density at radius 3 is 2.57 bits per heavy atom. The Morgan fingerprint density at radius 1 is 1.00 bits per heavy atom. The van der Waals surface area contributed by atoms with Crippen molar-refractivity contribution in [2.45, 2.75) is 6.18 Å². The molecule has 0 radical (unpaired) electrons. The van der Waals surface area contributed by atoms with Gasteiger partial charge in [0.15, 0.2) is 0 Å². The second-order valence-electron chi connectivity index (χ2n) is 6.61. The molecule has 0 saturated heterocycles. The van der Waals surface area contributed by atoms with Gasteiger partial charge in [-0.15, -0.1) is 11.3 Å². The number of halogens is 3. The quantitative estimate of drug-likeness (QED) is 0.359. The lowest BCUT2D eigenvalue weighted by Crippen LogP contribution is -2.03. The fraction of sp³-hybridized carbons (Fsp3) is 0.0476. The van der Waals surface area contributed by atoms with Crippen LogP contribution >= 0.6 is 11.3 Å². The van der Waals surface area contributed by atoms with E-state index in [2.05, 4.69) is 15.1 Å². The van der Waals surface area contributed by atoms with Crippen LogP contribution in [0.2, 0.25) is 0 Å². The predicted molar refractivity (Wildman–Crippen MR) is 110 cm³/mol. The van der Waals surface area contributed by atoms with E-state index < -0.39 is 11.1 Å². The third-order valence-corrected chi connectivity index (χ3v) is 5.86. The van der Waals surface area contributed by atoms with Gasteiger partial charge in [0.2, 0.25) is 5.82 Å². The minimum Gasteiger partial charge on any atom is -0.397 e. The first-order valence-electron chi connectivity index (χ1n) is 8.88. The van der Waals surface area contributed by atoms with E-state index in [1.807, 2.05) is 12.1 Å². The number of hydrogen-bond acceptors (Lipinski definition) is 5. The summed E-state index contributed by atoms with van der Waals surface area (Å²) in [7, 11) is 0. The third-order valence-electron chi connectivity index (χ3n) is 4.69. The number of aromatic nitrogens is 3. The molecule has 0 aliphatic heterocycles. The molecule has 0 aliphatic carbocycles. The molecule has 3 heterocycles. The summed E-state index contributed by atoms with van der Waals surface area (Å²) in [5.74, 6) is 0.277. The molecular formula is C21H13F3N4OS. The number of H-pyrrole nitrogens is 1. The first-order valence-corrected chi connectivity index (χ1v) is 9.70. The lowest BCUT2D eigenvalue weighted by molar-refractivity contribution is -0.133. The predicted octanol–water partition coefficient (Wildman–Crippen LogP) is 6.21. The summed E-state index contributed by atoms with van der Waals surface area (Å²) < 4.78 is 46.2. The van der Waals surface area contributed by atoms with Gasteiger partial charge in [0.1, 0.15) is 4.88 Å². The number of nitrogens with two attached hydrogens (primary N) is 1. The maximum absolute atomic E-state index is 13.6. The first-order chi connectivity index (χ1) is 14.4. The number of thiophene rings is 1. The monoisotopic (exact) mass is 426 g/mol. The maximum Gasteiger partial charge on any atom is 0.426 e. The van der Waals surface area contributed by atoms with Crippen molar-refractivity contribution in [3.05, 3.63) is 65.7 Å². The first kappa shape index (κ1) is 18.4. The summed E-state index contributed by atoms with van der Waals surface area (Å²) in [4.78, 5) is 6.93.